The van der Waals surface area contributed by atoms with E-state index >= 15 is 0 Å². The minimum Gasteiger partial charge on any atom is -0.294 e. The molecule has 0 amide bonds. The Hall–Kier alpha value is -2.10. The fourth-order valence-electron chi connectivity index (χ4n) is 2.19. The normalized spacial score (nSPS) is 10.7. The largest absolute Gasteiger partial charge is 0.294 e. The maximum atomic E-state index is 13.9. The van der Waals surface area contributed by atoms with Gasteiger partial charge >= 0.3 is 0 Å². The van der Waals surface area contributed by atoms with Crippen molar-refractivity contribution in [2.75, 3.05) is 0 Å². The molecule has 0 fully saturated rings. The van der Waals surface area contributed by atoms with Gasteiger partial charge in [0.25, 0.3) is 0 Å². The second-order valence-corrected chi connectivity index (χ2v) is 4.79. The van der Waals surface area contributed by atoms with Crippen molar-refractivity contribution in [3.63, 3.8) is 0 Å². The highest BCUT2D eigenvalue weighted by atomic mass is 19.2. The molecule has 2 rings (SSSR count). The third-order valence-corrected chi connectivity index (χ3v) is 3.06. The second-order valence-electron chi connectivity index (χ2n) is 4.79. The molecule has 0 aromatic heterocycles. The van der Waals surface area contributed by atoms with E-state index < -0.39 is 23.2 Å². The number of Topliss-reactive ketones (excluding diaryl/α,β-unsaturated/α-hetero) is 1. The SMILES string of the molecule is Cc1cc(C)c(C(=O)Cc2ccc(F)c(F)c2)c(F)c1. The van der Waals surface area contributed by atoms with Crippen LogP contribution in [0.4, 0.5) is 13.2 Å². The summed E-state index contributed by atoms with van der Waals surface area (Å²) in [5.41, 5.74) is 1.58. The number of hydrogen-bond donors (Lipinski definition) is 0. The van der Waals surface area contributed by atoms with Crippen molar-refractivity contribution >= 4 is 5.78 Å². The van der Waals surface area contributed by atoms with Crippen LogP contribution in [0.1, 0.15) is 27.0 Å². The number of hydrogen-bond acceptors (Lipinski definition) is 1. The summed E-state index contributed by atoms with van der Waals surface area (Å²) in [6, 6.07) is 6.22. The molecule has 0 bridgehead atoms. The van der Waals surface area contributed by atoms with E-state index in [0.717, 1.165) is 17.7 Å². The summed E-state index contributed by atoms with van der Waals surface area (Å²) in [5.74, 6) is -3.03. The smallest absolute Gasteiger partial charge is 0.170 e. The summed E-state index contributed by atoms with van der Waals surface area (Å²) in [5, 5.41) is 0. The van der Waals surface area contributed by atoms with Gasteiger partial charge in [0.1, 0.15) is 5.82 Å². The van der Waals surface area contributed by atoms with Crippen LogP contribution < -0.4 is 0 Å². The van der Waals surface area contributed by atoms with Crippen molar-refractivity contribution in [2.24, 2.45) is 0 Å². The van der Waals surface area contributed by atoms with Crippen molar-refractivity contribution in [1.29, 1.82) is 0 Å². The Morgan fingerprint density at radius 3 is 2.25 bits per heavy atom. The van der Waals surface area contributed by atoms with E-state index in [4.69, 9.17) is 0 Å². The van der Waals surface area contributed by atoms with Crippen LogP contribution in [-0.4, -0.2) is 5.78 Å². The molecule has 0 heterocycles. The summed E-state index contributed by atoms with van der Waals surface area (Å²) >= 11 is 0. The van der Waals surface area contributed by atoms with E-state index in [0.29, 0.717) is 11.1 Å². The van der Waals surface area contributed by atoms with Gasteiger partial charge in [-0.1, -0.05) is 12.1 Å². The van der Waals surface area contributed by atoms with Crippen molar-refractivity contribution in [3.8, 4) is 0 Å². The molecular formula is C16H13F3O. The van der Waals surface area contributed by atoms with Gasteiger partial charge in [-0.05, 0) is 48.7 Å². The molecule has 0 atom stereocenters. The molecule has 2 aromatic carbocycles. The Labute approximate surface area is 115 Å². The first-order valence-electron chi connectivity index (χ1n) is 6.12. The molecule has 2 aromatic rings. The fraction of sp³-hybridized carbons (Fsp3) is 0.188. The summed E-state index contributed by atoms with van der Waals surface area (Å²) in [6.07, 6.45) is -0.169. The van der Waals surface area contributed by atoms with Crippen LogP contribution in [0, 0.1) is 31.3 Å². The van der Waals surface area contributed by atoms with Gasteiger partial charge in [0.05, 0.1) is 5.56 Å². The topological polar surface area (TPSA) is 17.1 Å². The molecule has 0 aliphatic heterocycles. The Balaban J connectivity index is 2.31. The molecular weight excluding hydrogens is 265 g/mol. The van der Waals surface area contributed by atoms with Crippen molar-refractivity contribution < 1.29 is 18.0 Å². The predicted octanol–water partition coefficient (Wildman–Crippen LogP) is 4.15. The lowest BCUT2D eigenvalue weighted by Crippen LogP contribution is -2.09. The molecule has 0 aliphatic rings. The first-order valence-corrected chi connectivity index (χ1v) is 6.12. The molecule has 104 valence electrons. The Bertz CT molecular complexity index is 654. The zero-order valence-corrected chi connectivity index (χ0v) is 11.1. The van der Waals surface area contributed by atoms with E-state index in [-0.39, 0.29) is 12.0 Å². The molecule has 0 aliphatic carbocycles. The van der Waals surface area contributed by atoms with Gasteiger partial charge in [0.2, 0.25) is 0 Å². The first kappa shape index (κ1) is 14.3. The molecule has 0 saturated carbocycles. The monoisotopic (exact) mass is 278 g/mol. The molecule has 0 N–H and O–H groups in total. The van der Waals surface area contributed by atoms with Crippen LogP contribution in [0.15, 0.2) is 30.3 Å². The van der Waals surface area contributed by atoms with Gasteiger partial charge in [0, 0.05) is 6.42 Å². The molecule has 20 heavy (non-hydrogen) atoms. The molecule has 0 saturated heterocycles. The van der Waals surface area contributed by atoms with E-state index in [1.807, 2.05) is 0 Å². The summed E-state index contributed by atoms with van der Waals surface area (Å²) in [4.78, 5) is 12.1. The number of ketones is 1. The number of rotatable bonds is 3. The number of carbonyl (C=O) groups excluding carboxylic acids is 1. The number of carbonyl (C=O) groups is 1. The quantitative estimate of drug-likeness (QED) is 0.771. The molecule has 0 unspecified atom stereocenters. The predicted molar refractivity (Wildman–Crippen MR) is 70.3 cm³/mol. The summed E-state index contributed by atoms with van der Waals surface area (Å²) in [6.45, 7) is 3.38. The van der Waals surface area contributed by atoms with Crippen LogP contribution in [0.25, 0.3) is 0 Å². The fourth-order valence-corrected chi connectivity index (χ4v) is 2.19. The Morgan fingerprint density at radius 2 is 1.65 bits per heavy atom. The standard InChI is InChI=1S/C16H13F3O/c1-9-5-10(2)16(14(19)6-9)15(20)8-11-3-4-12(17)13(18)7-11/h3-7H,8H2,1-2H3. The van der Waals surface area contributed by atoms with Crippen molar-refractivity contribution in [3.05, 3.63) is 70.0 Å². The maximum absolute atomic E-state index is 13.9. The lowest BCUT2D eigenvalue weighted by Gasteiger charge is -2.08. The van der Waals surface area contributed by atoms with Gasteiger partial charge in [-0.25, -0.2) is 13.2 Å². The zero-order chi connectivity index (χ0) is 14.9. The first-order chi connectivity index (χ1) is 9.38. The van der Waals surface area contributed by atoms with Crippen LogP contribution in [0.2, 0.25) is 0 Å². The van der Waals surface area contributed by atoms with Gasteiger partial charge in [-0.3, -0.25) is 4.79 Å². The molecule has 0 radical (unpaired) electrons. The van der Waals surface area contributed by atoms with Gasteiger partial charge in [-0.2, -0.15) is 0 Å². The third-order valence-electron chi connectivity index (χ3n) is 3.06. The van der Waals surface area contributed by atoms with E-state index in [9.17, 15) is 18.0 Å². The number of benzene rings is 2. The maximum Gasteiger partial charge on any atom is 0.170 e. The van der Waals surface area contributed by atoms with Crippen LogP contribution in [0.5, 0.6) is 0 Å². The van der Waals surface area contributed by atoms with Crippen molar-refractivity contribution in [2.45, 2.75) is 20.3 Å². The van der Waals surface area contributed by atoms with Gasteiger partial charge in [-0.15, -0.1) is 0 Å². The van der Waals surface area contributed by atoms with E-state index in [1.54, 1.807) is 19.9 Å². The zero-order valence-electron chi connectivity index (χ0n) is 11.1. The highest BCUT2D eigenvalue weighted by Crippen LogP contribution is 2.19. The van der Waals surface area contributed by atoms with E-state index in [1.165, 1.54) is 12.1 Å². The van der Waals surface area contributed by atoms with Crippen LogP contribution >= 0.6 is 0 Å². The second kappa shape index (κ2) is 5.49. The summed E-state index contributed by atoms with van der Waals surface area (Å²) in [7, 11) is 0. The molecule has 4 heteroatoms. The Kier molecular flexibility index (Phi) is 3.93. The number of halogens is 3. The lowest BCUT2D eigenvalue weighted by molar-refractivity contribution is 0.0988. The van der Waals surface area contributed by atoms with Gasteiger partial charge < -0.3 is 0 Å². The number of aryl methyl sites for hydroxylation is 2. The van der Waals surface area contributed by atoms with E-state index in [2.05, 4.69) is 0 Å². The minimum atomic E-state index is -1.02. The average molecular weight is 278 g/mol. The highest BCUT2D eigenvalue weighted by molar-refractivity contribution is 5.99. The van der Waals surface area contributed by atoms with Gasteiger partial charge in [0.15, 0.2) is 17.4 Å². The third kappa shape index (κ3) is 2.90. The lowest BCUT2D eigenvalue weighted by atomic mass is 9.97. The Morgan fingerprint density at radius 1 is 0.950 bits per heavy atom. The average Bonchev–Trinajstić information content (AvgIpc) is 2.32. The highest BCUT2D eigenvalue weighted by Gasteiger charge is 2.16. The molecule has 0 spiro atoms. The minimum absolute atomic E-state index is 0.000308. The summed E-state index contributed by atoms with van der Waals surface area (Å²) < 4.78 is 39.7. The van der Waals surface area contributed by atoms with Crippen LogP contribution in [-0.2, 0) is 6.42 Å². The molecule has 1 nitrogen and oxygen atoms in total. The van der Waals surface area contributed by atoms with Crippen LogP contribution in [0.3, 0.4) is 0 Å². The van der Waals surface area contributed by atoms with Crippen molar-refractivity contribution in [1.82, 2.24) is 0 Å².